The number of benzene rings is 2. The van der Waals surface area contributed by atoms with Gasteiger partial charge >= 0.3 is 0 Å². The van der Waals surface area contributed by atoms with E-state index in [2.05, 4.69) is 17.2 Å². The first kappa shape index (κ1) is 21.0. The maximum Gasteiger partial charge on any atom is 0.252 e. The molecular weight excluding hydrogens is 380 g/mol. The summed E-state index contributed by atoms with van der Waals surface area (Å²) in [5, 5.41) is 2.53. The van der Waals surface area contributed by atoms with E-state index in [0.717, 1.165) is 0 Å². The van der Waals surface area contributed by atoms with Gasteiger partial charge < -0.3 is 15.8 Å². The average Bonchev–Trinajstić information content (AvgIpc) is 2.70. The van der Waals surface area contributed by atoms with Gasteiger partial charge in [-0.2, -0.15) is 0 Å². The summed E-state index contributed by atoms with van der Waals surface area (Å²) >= 11 is 0. The molecule has 146 valence electrons. The van der Waals surface area contributed by atoms with Crippen molar-refractivity contribution in [3.05, 3.63) is 60.2 Å². The van der Waals surface area contributed by atoms with Gasteiger partial charge in [0.05, 0.1) is 22.8 Å². The summed E-state index contributed by atoms with van der Waals surface area (Å²) in [4.78, 5) is 23.2. The van der Waals surface area contributed by atoms with E-state index in [1.807, 2.05) is 0 Å². The zero-order valence-corrected chi connectivity index (χ0v) is 15.9. The molecule has 2 aromatic carbocycles. The first-order valence-electron chi connectivity index (χ1n) is 8.42. The number of nitrogens with two attached hydrogens (primary N) is 1. The third kappa shape index (κ3) is 6.45. The van der Waals surface area contributed by atoms with Crippen LogP contribution in [-0.2, 0) is 14.6 Å². The molecule has 28 heavy (non-hydrogen) atoms. The molecule has 0 radical (unpaired) electrons. The zero-order valence-electron chi connectivity index (χ0n) is 15.1. The molecule has 0 fully saturated rings. The van der Waals surface area contributed by atoms with E-state index in [9.17, 15) is 18.0 Å². The van der Waals surface area contributed by atoms with E-state index in [4.69, 9.17) is 10.5 Å². The summed E-state index contributed by atoms with van der Waals surface area (Å²) in [7, 11) is -3.49. The van der Waals surface area contributed by atoms with Crippen molar-refractivity contribution in [2.24, 2.45) is 5.73 Å². The molecule has 0 atom stereocenters. The molecule has 0 heterocycles. The summed E-state index contributed by atoms with van der Waals surface area (Å²) in [6, 6.07) is 14.5. The van der Waals surface area contributed by atoms with E-state index in [-0.39, 0.29) is 35.8 Å². The van der Waals surface area contributed by atoms with Gasteiger partial charge in [0.15, 0.2) is 9.84 Å². The van der Waals surface area contributed by atoms with Crippen molar-refractivity contribution < 1.29 is 22.7 Å². The molecule has 3 N–H and O–H groups in total. The van der Waals surface area contributed by atoms with E-state index in [1.54, 1.807) is 42.5 Å². The van der Waals surface area contributed by atoms with Gasteiger partial charge in [-0.3, -0.25) is 9.59 Å². The van der Waals surface area contributed by atoms with Gasteiger partial charge in [-0.05, 0) is 24.3 Å². The van der Waals surface area contributed by atoms with Crippen LogP contribution in [0.15, 0.2) is 59.5 Å². The van der Waals surface area contributed by atoms with Crippen molar-refractivity contribution in [1.29, 1.82) is 0 Å². The van der Waals surface area contributed by atoms with Crippen molar-refractivity contribution in [3.8, 4) is 17.6 Å². The fourth-order valence-corrected chi connectivity index (χ4v) is 3.49. The van der Waals surface area contributed by atoms with Crippen LogP contribution in [0, 0.1) is 11.8 Å². The average molecular weight is 400 g/mol. The Morgan fingerprint density at radius 3 is 2.39 bits per heavy atom. The molecule has 0 bridgehead atoms. The van der Waals surface area contributed by atoms with Crippen LogP contribution in [0.3, 0.4) is 0 Å². The number of amides is 2. The molecular formula is C20H20N2O5S. The molecule has 0 aromatic heterocycles. The van der Waals surface area contributed by atoms with E-state index in [0.29, 0.717) is 5.75 Å². The highest BCUT2D eigenvalue weighted by Gasteiger charge is 2.15. The number of carbonyl (C=O) groups is 2. The Hall–Kier alpha value is -3.31. The maximum atomic E-state index is 12.1. The Balaban J connectivity index is 1.73. The largest absolute Gasteiger partial charge is 0.480 e. The first-order valence-corrected chi connectivity index (χ1v) is 10.1. The fourth-order valence-electron chi connectivity index (χ4n) is 2.23. The number of para-hydroxylation sites is 1. The lowest BCUT2D eigenvalue weighted by molar-refractivity contribution is -0.120. The molecule has 0 saturated carbocycles. The molecule has 0 aliphatic carbocycles. The Morgan fingerprint density at radius 2 is 1.68 bits per heavy atom. The Kier molecular flexibility index (Phi) is 7.60. The van der Waals surface area contributed by atoms with Crippen LogP contribution in [-0.4, -0.2) is 39.1 Å². The highest BCUT2D eigenvalue weighted by molar-refractivity contribution is 7.91. The van der Waals surface area contributed by atoms with E-state index >= 15 is 0 Å². The molecule has 0 saturated heterocycles. The van der Waals surface area contributed by atoms with Gasteiger partial charge in [0.1, 0.15) is 12.4 Å². The Labute approximate surface area is 163 Å². The van der Waals surface area contributed by atoms with Crippen LogP contribution in [0.5, 0.6) is 5.75 Å². The number of primary amides is 1. The van der Waals surface area contributed by atoms with Gasteiger partial charge in [-0.25, -0.2) is 8.42 Å². The number of nitrogens with one attached hydrogen (secondary N) is 1. The second-order valence-electron chi connectivity index (χ2n) is 5.66. The molecule has 8 heteroatoms. The van der Waals surface area contributed by atoms with Gasteiger partial charge in [-0.1, -0.05) is 42.2 Å². The maximum absolute atomic E-state index is 12.1. The number of hydrogen-bond acceptors (Lipinski definition) is 5. The van der Waals surface area contributed by atoms with Crippen molar-refractivity contribution in [2.45, 2.75) is 11.3 Å². The molecule has 0 spiro atoms. The lowest BCUT2D eigenvalue weighted by Crippen LogP contribution is -2.26. The molecule has 2 rings (SSSR count). The predicted octanol–water partition coefficient (Wildman–Crippen LogP) is 1.15. The summed E-state index contributed by atoms with van der Waals surface area (Å²) in [5.74, 6) is 4.44. The third-order valence-corrected chi connectivity index (χ3v) is 5.38. The summed E-state index contributed by atoms with van der Waals surface area (Å²) in [6.45, 7) is 0.0770. The van der Waals surface area contributed by atoms with Crippen LogP contribution < -0.4 is 15.8 Å². The van der Waals surface area contributed by atoms with Gasteiger partial charge in [0.25, 0.3) is 5.91 Å². The quantitative estimate of drug-likeness (QED) is 0.645. The molecule has 0 aliphatic rings. The second kappa shape index (κ2) is 10.1. The number of sulfone groups is 1. The predicted molar refractivity (Wildman–Crippen MR) is 104 cm³/mol. The summed E-state index contributed by atoms with van der Waals surface area (Å²) < 4.78 is 29.6. The van der Waals surface area contributed by atoms with E-state index in [1.165, 1.54) is 12.1 Å². The van der Waals surface area contributed by atoms with Gasteiger partial charge in [0.2, 0.25) is 5.91 Å². The zero-order chi connectivity index (χ0) is 20.4. The number of ether oxygens (including phenoxy) is 1. The van der Waals surface area contributed by atoms with Crippen molar-refractivity contribution >= 4 is 21.7 Å². The topological polar surface area (TPSA) is 116 Å². The molecule has 7 nitrogen and oxygen atoms in total. The Morgan fingerprint density at radius 1 is 1.00 bits per heavy atom. The normalized spacial score (nSPS) is 10.4. The third-order valence-electron chi connectivity index (χ3n) is 3.65. The van der Waals surface area contributed by atoms with Crippen molar-refractivity contribution in [2.75, 3.05) is 18.9 Å². The van der Waals surface area contributed by atoms with Crippen LogP contribution in [0.4, 0.5) is 0 Å². The minimum Gasteiger partial charge on any atom is -0.480 e. The standard InChI is InChI=1S/C20H20N2O5S/c21-20(24)17-10-4-5-11-18(17)27-14-7-6-13-22-19(23)12-15-28(25,26)16-8-2-1-3-9-16/h1-5,8-11H,12-15H2,(H2,21,24)(H,22,23). The second-order valence-corrected chi connectivity index (χ2v) is 7.77. The van der Waals surface area contributed by atoms with Crippen LogP contribution >= 0.6 is 0 Å². The monoisotopic (exact) mass is 400 g/mol. The molecule has 2 amide bonds. The number of rotatable bonds is 8. The molecule has 2 aromatic rings. The van der Waals surface area contributed by atoms with Crippen LogP contribution in [0.1, 0.15) is 16.8 Å². The fraction of sp³-hybridized carbons (Fsp3) is 0.200. The highest BCUT2D eigenvalue weighted by Crippen LogP contribution is 2.16. The highest BCUT2D eigenvalue weighted by atomic mass is 32.2. The smallest absolute Gasteiger partial charge is 0.252 e. The molecule has 0 unspecified atom stereocenters. The van der Waals surface area contributed by atoms with Crippen LogP contribution in [0.2, 0.25) is 0 Å². The Bertz CT molecular complexity index is 992. The SMILES string of the molecule is NC(=O)c1ccccc1OCC#CCNC(=O)CCS(=O)(=O)c1ccccc1. The number of hydrogen-bond donors (Lipinski definition) is 2. The van der Waals surface area contributed by atoms with Crippen LogP contribution in [0.25, 0.3) is 0 Å². The minimum atomic E-state index is -3.49. The van der Waals surface area contributed by atoms with Gasteiger partial charge in [-0.15, -0.1) is 0 Å². The molecule has 0 aliphatic heterocycles. The van der Waals surface area contributed by atoms with Gasteiger partial charge in [0, 0.05) is 6.42 Å². The van der Waals surface area contributed by atoms with E-state index < -0.39 is 21.7 Å². The number of carbonyl (C=O) groups excluding carboxylic acids is 2. The summed E-state index contributed by atoms with van der Waals surface area (Å²) in [5.41, 5.74) is 5.51. The first-order chi connectivity index (χ1) is 13.4. The van der Waals surface area contributed by atoms with Crippen molar-refractivity contribution in [1.82, 2.24) is 5.32 Å². The summed E-state index contributed by atoms with van der Waals surface area (Å²) in [6.07, 6.45) is -0.151. The lowest BCUT2D eigenvalue weighted by atomic mass is 10.2. The van der Waals surface area contributed by atoms with Crippen molar-refractivity contribution in [3.63, 3.8) is 0 Å². The minimum absolute atomic E-state index is 0.0164. The lowest BCUT2D eigenvalue weighted by Gasteiger charge is -2.06.